The third kappa shape index (κ3) is 4.98. The van der Waals surface area contributed by atoms with Gasteiger partial charge in [-0.3, -0.25) is 4.79 Å². The Morgan fingerprint density at radius 2 is 1.96 bits per heavy atom. The van der Waals surface area contributed by atoms with Gasteiger partial charge in [0.25, 0.3) is 0 Å². The Hall–Kier alpha value is -2.04. The number of carboxylic acids is 1. The minimum Gasteiger partial charge on any atom is -0.494 e. The number of nitrogens with zero attached hydrogens (tertiary/aromatic N) is 1. The normalized spacial score (nSPS) is 15.0. The van der Waals surface area contributed by atoms with E-state index >= 15 is 0 Å². The van der Waals surface area contributed by atoms with E-state index in [1.54, 1.807) is 11.8 Å². The van der Waals surface area contributed by atoms with E-state index in [0.29, 0.717) is 19.4 Å². The lowest BCUT2D eigenvalue weighted by atomic mass is 10.1. The van der Waals surface area contributed by atoms with Gasteiger partial charge in [-0.05, 0) is 50.3 Å². The van der Waals surface area contributed by atoms with Crippen LogP contribution in [0.15, 0.2) is 24.3 Å². The number of carboxylic acid groups (broad SMARTS) is 1. The second-order valence-corrected chi connectivity index (χ2v) is 6.04. The molecule has 0 saturated heterocycles. The molecule has 0 spiro atoms. The molecule has 1 atom stereocenters. The third-order valence-corrected chi connectivity index (χ3v) is 4.03. The van der Waals surface area contributed by atoms with Gasteiger partial charge < -0.3 is 14.7 Å². The standard InChI is InChI=1S/C18H25NO4/c1-3-12-23-16-9-4-14(5-10-16)6-11-17(20)19(15-7-8-15)13(2)18(21)22/h4-5,9-10,13,15H,3,6-8,11-12H2,1-2H3,(H,21,22). The molecule has 0 radical (unpaired) electrons. The molecule has 1 aliphatic rings. The van der Waals surface area contributed by atoms with Crippen molar-refractivity contribution in [1.82, 2.24) is 4.90 Å². The number of amides is 1. The molecule has 1 N–H and O–H groups in total. The van der Waals surface area contributed by atoms with Gasteiger partial charge in [-0.2, -0.15) is 0 Å². The fourth-order valence-corrected chi connectivity index (χ4v) is 2.56. The quantitative estimate of drug-likeness (QED) is 0.760. The zero-order valence-corrected chi connectivity index (χ0v) is 13.8. The lowest BCUT2D eigenvalue weighted by Crippen LogP contribution is -2.44. The molecule has 1 aromatic carbocycles. The van der Waals surface area contributed by atoms with E-state index in [1.807, 2.05) is 24.3 Å². The lowest BCUT2D eigenvalue weighted by molar-refractivity contribution is -0.150. The third-order valence-electron chi connectivity index (χ3n) is 4.03. The Kier molecular flexibility index (Phi) is 6.02. The summed E-state index contributed by atoms with van der Waals surface area (Å²) in [7, 11) is 0. The van der Waals surface area contributed by atoms with E-state index in [2.05, 4.69) is 6.92 Å². The van der Waals surface area contributed by atoms with Gasteiger partial charge in [0.15, 0.2) is 0 Å². The maximum atomic E-state index is 12.4. The Balaban J connectivity index is 1.88. The van der Waals surface area contributed by atoms with Crippen LogP contribution in [0.5, 0.6) is 5.75 Å². The summed E-state index contributed by atoms with van der Waals surface area (Å²) in [6.07, 6.45) is 3.74. The predicted octanol–water partition coefficient (Wildman–Crippen LogP) is 2.87. The van der Waals surface area contributed by atoms with Crippen LogP contribution in [0.3, 0.4) is 0 Å². The van der Waals surface area contributed by atoms with E-state index < -0.39 is 12.0 Å². The smallest absolute Gasteiger partial charge is 0.326 e. The first-order valence-electron chi connectivity index (χ1n) is 8.28. The summed E-state index contributed by atoms with van der Waals surface area (Å²) in [6, 6.07) is 7.10. The summed E-state index contributed by atoms with van der Waals surface area (Å²) >= 11 is 0. The monoisotopic (exact) mass is 319 g/mol. The SMILES string of the molecule is CCCOc1ccc(CCC(=O)N(C2CC2)C(C)C(=O)O)cc1. The number of aliphatic carboxylic acids is 1. The number of hydrogen-bond acceptors (Lipinski definition) is 3. The second-order valence-electron chi connectivity index (χ2n) is 6.04. The predicted molar refractivity (Wildman–Crippen MR) is 87.5 cm³/mol. The van der Waals surface area contributed by atoms with Crippen LogP contribution < -0.4 is 4.74 Å². The highest BCUT2D eigenvalue weighted by Gasteiger charge is 2.37. The molecule has 23 heavy (non-hydrogen) atoms. The number of benzene rings is 1. The van der Waals surface area contributed by atoms with Crippen molar-refractivity contribution in [2.75, 3.05) is 6.61 Å². The van der Waals surface area contributed by atoms with E-state index in [-0.39, 0.29) is 11.9 Å². The second kappa shape index (κ2) is 7.99. The first-order chi connectivity index (χ1) is 11.0. The Morgan fingerprint density at radius 1 is 1.30 bits per heavy atom. The lowest BCUT2D eigenvalue weighted by Gasteiger charge is -2.26. The van der Waals surface area contributed by atoms with Crippen LogP contribution in [-0.2, 0) is 16.0 Å². The van der Waals surface area contributed by atoms with Crippen molar-refractivity contribution in [3.8, 4) is 5.75 Å². The van der Waals surface area contributed by atoms with E-state index in [9.17, 15) is 9.59 Å². The molecule has 1 unspecified atom stereocenters. The average molecular weight is 319 g/mol. The number of rotatable bonds is 9. The Bertz CT molecular complexity index is 536. The van der Waals surface area contributed by atoms with Gasteiger partial charge in [-0.1, -0.05) is 19.1 Å². The maximum Gasteiger partial charge on any atom is 0.326 e. The summed E-state index contributed by atoms with van der Waals surface area (Å²) in [5.74, 6) is -0.183. The Morgan fingerprint density at radius 3 is 2.48 bits per heavy atom. The maximum absolute atomic E-state index is 12.4. The summed E-state index contributed by atoms with van der Waals surface area (Å²) in [4.78, 5) is 25.1. The van der Waals surface area contributed by atoms with E-state index in [4.69, 9.17) is 9.84 Å². The summed E-state index contributed by atoms with van der Waals surface area (Å²) in [5.41, 5.74) is 1.06. The molecule has 1 aliphatic carbocycles. The van der Waals surface area contributed by atoms with Crippen molar-refractivity contribution in [2.24, 2.45) is 0 Å². The van der Waals surface area contributed by atoms with Gasteiger partial charge in [0, 0.05) is 12.5 Å². The molecule has 0 aromatic heterocycles. The van der Waals surface area contributed by atoms with Gasteiger partial charge in [0.2, 0.25) is 5.91 Å². The van der Waals surface area contributed by atoms with Gasteiger partial charge in [0.05, 0.1) is 6.61 Å². The number of aryl methyl sites for hydroxylation is 1. The highest BCUT2D eigenvalue weighted by molar-refractivity contribution is 5.84. The minimum atomic E-state index is -0.942. The van der Waals surface area contributed by atoms with Crippen molar-refractivity contribution in [1.29, 1.82) is 0 Å². The van der Waals surface area contributed by atoms with Crippen molar-refractivity contribution in [3.05, 3.63) is 29.8 Å². The van der Waals surface area contributed by atoms with Crippen molar-refractivity contribution >= 4 is 11.9 Å². The number of carbonyl (C=O) groups is 2. The molecule has 0 bridgehead atoms. The van der Waals surface area contributed by atoms with Gasteiger partial charge in [-0.25, -0.2) is 4.79 Å². The molecule has 2 rings (SSSR count). The minimum absolute atomic E-state index is 0.0753. The molecular weight excluding hydrogens is 294 g/mol. The van der Waals surface area contributed by atoms with E-state index in [1.165, 1.54) is 0 Å². The fourth-order valence-electron chi connectivity index (χ4n) is 2.56. The number of ether oxygens (including phenoxy) is 1. The van der Waals surface area contributed by atoms with Crippen LogP contribution in [0.25, 0.3) is 0 Å². The average Bonchev–Trinajstić information content (AvgIpc) is 3.36. The van der Waals surface area contributed by atoms with Crippen LogP contribution >= 0.6 is 0 Å². The van der Waals surface area contributed by atoms with Crippen LogP contribution in [-0.4, -0.2) is 40.6 Å². The molecule has 0 aliphatic heterocycles. The molecule has 126 valence electrons. The molecule has 1 aromatic rings. The van der Waals surface area contributed by atoms with Crippen LogP contribution in [0.2, 0.25) is 0 Å². The summed E-state index contributed by atoms with van der Waals surface area (Å²) in [6.45, 7) is 4.34. The molecule has 1 amide bonds. The molecule has 0 heterocycles. The van der Waals surface area contributed by atoms with Gasteiger partial charge in [0.1, 0.15) is 11.8 Å². The summed E-state index contributed by atoms with van der Waals surface area (Å²) in [5, 5.41) is 9.16. The number of carbonyl (C=O) groups excluding carboxylic acids is 1. The molecule has 5 nitrogen and oxygen atoms in total. The van der Waals surface area contributed by atoms with Gasteiger partial charge in [-0.15, -0.1) is 0 Å². The first kappa shape index (κ1) is 17.3. The van der Waals surface area contributed by atoms with Gasteiger partial charge >= 0.3 is 5.97 Å². The molecule has 1 fully saturated rings. The van der Waals surface area contributed by atoms with E-state index in [0.717, 1.165) is 30.6 Å². The van der Waals surface area contributed by atoms with Crippen LogP contribution in [0.1, 0.15) is 45.1 Å². The Labute approximate surface area is 137 Å². The zero-order chi connectivity index (χ0) is 16.8. The molecule has 5 heteroatoms. The fraction of sp³-hybridized carbons (Fsp3) is 0.556. The van der Waals surface area contributed by atoms with Crippen LogP contribution in [0.4, 0.5) is 0 Å². The molecule has 1 saturated carbocycles. The number of hydrogen-bond donors (Lipinski definition) is 1. The highest BCUT2D eigenvalue weighted by atomic mass is 16.5. The summed E-state index contributed by atoms with van der Waals surface area (Å²) < 4.78 is 5.53. The largest absolute Gasteiger partial charge is 0.494 e. The zero-order valence-electron chi connectivity index (χ0n) is 13.8. The van der Waals surface area contributed by atoms with Crippen molar-refractivity contribution < 1.29 is 19.4 Å². The molecular formula is C18H25NO4. The first-order valence-corrected chi connectivity index (χ1v) is 8.28. The topological polar surface area (TPSA) is 66.8 Å². The van der Waals surface area contributed by atoms with Crippen molar-refractivity contribution in [3.63, 3.8) is 0 Å². The van der Waals surface area contributed by atoms with Crippen molar-refractivity contribution in [2.45, 2.75) is 58.0 Å². The van der Waals surface area contributed by atoms with Crippen LogP contribution in [0, 0.1) is 0 Å². The highest BCUT2D eigenvalue weighted by Crippen LogP contribution is 2.29.